The van der Waals surface area contributed by atoms with Crippen molar-refractivity contribution in [2.24, 2.45) is 29.6 Å². The van der Waals surface area contributed by atoms with Crippen molar-refractivity contribution in [1.82, 2.24) is 4.98 Å². The van der Waals surface area contributed by atoms with Gasteiger partial charge < -0.3 is 9.84 Å². The van der Waals surface area contributed by atoms with E-state index in [1.54, 1.807) is 7.11 Å². The van der Waals surface area contributed by atoms with Crippen LogP contribution in [0.5, 0.6) is 5.88 Å². The van der Waals surface area contributed by atoms with Crippen molar-refractivity contribution in [3.8, 4) is 5.88 Å². The van der Waals surface area contributed by atoms with Crippen LogP contribution in [0.2, 0.25) is 0 Å². The highest BCUT2D eigenvalue weighted by atomic mass is 79.9. The van der Waals surface area contributed by atoms with Crippen LogP contribution in [-0.4, -0.2) is 29.1 Å². The maximum Gasteiger partial charge on any atom is 0.213 e. The first-order valence-electron chi connectivity index (χ1n) is 9.48. The lowest BCUT2D eigenvalue weighted by Crippen LogP contribution is -2.44. The Labute approximate surface area is 157 Å². The zero-order chi connectivity index (χ0) is 17.6. The van der Waals surface area contributed by atoms with Crippen molar-refractivity contribution < 1.29 is 14.6 Å². The second-order valence-corrected chi connectivity index (χ2v) is 8.87. The molecule has 3 aliphatic carbocycles. The highest BCUT2D eigenvalue weighted by molar-refractivity contribution is 9.10. The Balaban J connectivity index is 1.61. The molecule has 5 heteroatoms. The summed E-state index contributed by atoms with van der Waals surface area (Å²) in [5.41, 5.74) is 1.00. The van der Waals surface area contributed by atoms with Gasteiger partial charge in [-0.25, -0.2) is 4.98 Å². The summed E-state index contributed by atoms with van der Waals surface area (Å²) in [4.78, 5) is 17.2. The maximum absolute atomic E-state index is 12.6. The van der Waals surface area contributed by atoms with Gasteiger partial charge in [0.15, 0.2) is 0 Å². The van der Waals surface area contributed by atoms with Crippen molar-refractivity contribution in [1.29, 1.82) is 0 Å². The number of halogens is 1. The van der Waals surface area contributed by atoms with Gasteiger partial charge >= 0.3 is 0 Å². The summed E-state index contributed by atoms with van der Waals surface area (Å²) in [5.74, 6) is 2.75. The van der Waals surface area contributed by atoms with Crippen molar-refractivity contribution in [3.05, 3.63) is 22.3 Å². The molecular formula is C20H26BrNO3. The van der Waals surface area contributed by atoms with Crippen LogP contribution in [0.25, 0.3) is 0 Å². The van der Waals surface area contributed by atoms with Crippen molar-refractivity contribution in [3.63, 3.8) is 0 Å². The van der Waals surface area contributed by atoms with E-state index in [1.807, 2.05) is 12.1 Å². The summed E-state index contributed by atoms with van der Waals surface area (Å²) >= 11 is 3.61. The predicted octanol–water partition coefficient (Wildman–Crippen LogP) is 3.79. The lowest BCUT2D eigenvalue weighted by atomic mass is 9.59. The zero-order valence-corrected chi connectivity index (χ0v) is 16.2. The standard InChI is InChI=1S/C20H26BrNO3/c1-25-19-7-6-15(21)16(22-19)8-11-9-17(23)14-10-18(24)12-4-2-3-5-13(12)20(11)14/h6-7,11-14,17,20,23H,2-5,8-10H2,1H3/t11-,12+,13+,14+,17+,20-/m0/s1. The molecule has 1 N–H and O–H groups in total. The fourth-order valence-corrected chi connectivity index (χ4v) is 6.16. The van der Waals surface area contributed by atoms with Gasteiger partial charge in [-0.15, -0.1) is 0 Å². The van der Waals surface area contributed by atoms with E-state index in [4.69, 9.17) is 4.74 Å². The van der Waals surface area contributed by atoms with E-state index in [-0.39, 0.29) is 17.9 Å². The molecule has 0 unspecified atom stereocenters. The molecule has 0 radical (unpaired) electrons. The quantitative estimate of drug-likeness (QED) is 0.827. The van der Waals surface area contributed by atoms with Gasteiger partial charge in [-0.05, 0) is 71.4 Å². The number of aliphatic hydroxyl groups is 1. The smallest absolute Gasteiger partial charge is 0.213 e. The molecule has 0 aromatic carbocycles. The molecule has 0 spiro atoms. The molecule has 1 aromatic rings. The number of ether oxygens (including phenoxy) is 1. The van der Waals surface area contributed by atoms with Crippen LogP contribution in [-0.2, 0) is 11.2 Å². The van der Waals surface area contributed by atoms with Gasteiger partial charge in [0.25, 0.3) is 0 Å². The normalized spacial score (nSPS) is 37.5. The topological polar surface area (TPSA) is 59.4 Å². The van der Waals surface area contributed by atoms with E-state index in [9.17, 15) is 9.90 Å². The second kappa shape index (κ2) is 6.99. The van der Waals surface area contributed by atoms with Gasteiger partial charge in [0, 0.05) is 22.9 Å². The third kappa shape index (κ3) is 3.14. The number of fused-ring (bicyclic) bond motifs is 3. The van der Waals surface area contributed by atoms with E-state index in [1.165, 1.54) is 12.8 Å². The van der Waals surface area contributed by atoms with Gasteiger partial charge in [-0.3, -0.25) is 4.79 Å². The van der Waals surface area contributed by atoms with Crippen molar-refractivity contribution in [2.45, 2.75) is 51.0 Å². The second-order valence-electron chi connectivity index (χ2n) is 8.02. The number of rotatable bonds is 3. The highest BCUT2D eigenvalue weighted by Crippen LogP contribution is 2.54. The highest BCUT2D eigenvalue weighted by Gasteiger charge is 2.53. The Kier molecular flexibility index (Phi) is 4.89. The molecule has 0 saturated heterocycles. The van der Waals surface area contributed by atoms with E-state index in [0.717, 1.165) is 35.8 Å². The molecule has 3 fully saturated rings. The third-order valence-electron chi connectivity index (χ3n) is 6.80. The van der Waals surface area contributed by atoms with Crippen LogP contribution in [0.15, 0.2) is 16.6 Å². The molecule has 1 aromatic heterocycles. The zero-order valence-electron chi connectivity index (χ0n) is 14.7. The Morgan fingerprint density at radius 1 is 1.28 bits per heavy atom. The first-order valence-corrected chi connectivity index (χ1v) is 10.3. The number of ketones is 1. The number of carbonyl (C=O) groups excluding carboxylic acids is 1. The average molecular weight is 408 g/mol. The third-order valence-corrected chi connectivity index (χ3v) is 7.52. The number of Topliss-reactive ketones (excluding diaryl/α,β-unsaturated/α-hetero) is 1. The number of aliphatic hydroxyl groups excluding tert-OH is 1. The molecule has 136 valence electrons. The van der Waals surface area contributed by atoms with Crippen molar-refractivity contribution in [2.75, 3.05) is 7.11 Å². The minimum absolute atomic E-state index is 0.154. The van der Waals surface area contributed by atoms with Gasteiger partial charge in [-0.2, -0.15) is 0 Å². The Hall–Kier alpha value is -0.940. The molecule has 4 rings (SSSR count). The lowest BCUT2D eigenvalue weighted by molar-refractivity contribution is -0.134. The van der Waals surface area contributed by atoms with Crippen LogP contribution >= 0.6 is 15.9 Å². The molecule has 0 amide bonds. The van der Waals surface area contributed by atoms with Gasteiger partial charge in [0.1, 0.15) is 5.78 Å². The Morgan fingerprint density at radius 3 is 2.88 bits per heavy atom. The summed E-state index contributed by atoms with van der Waals surface area (Å²) in [6.45, 7) is 0. The predicted molar refractivity (Wildman–Crippen MR) is 98.4 cm³/mol. The van der Waals surface area contributed by atoms with Gasteiger partial charge in [-0.1, -0.05) is 12.8 Å². The van der Waals surface area contributed by atoms with E-state index in [2.05, 4.69) is 20.9 Å². The summed E-state index contributed by atoms with van der Waals surface area (Å²) in [6, 6.07) is 3.84. The molecule has 3 aliphatic rings. The molecule has 3 saturated carbocycles. The number of hydrogen-bond acceptors (Lipinski definition) is 4. The first kappa shape index (κ1) is 17.5. The number of hydrogen-bond donors (Lipinski definition) is 1. The number of nitrogens with zero attached hydrogens (tertiary/aromatic N) is 1. The first-order chi connectivity index (χ1) is 12.1. The van der Waals surface area contributed by atoms with Crippen LogP contribution < -0.4 is 4.74 Å². The van der Waals surface area contributed by atoms with Crippen molar-refractivity contribution >= 4 is 21.7 Å². The number of carbonyl (C=O) groups is 1. The molecular weight excluding hydrogens is 382 g/mol. The largest absolute Gasteiger partial charge is 0.481 e. The van der Waals surface area contributed by atoms with Crippen LogP contribution in [0.4, 0.5) is 0 Å². The molecule has 0 aliphatic heterocycles. The fourth-order valence-electron chi connectivity index (χ4n) is 5.78. The minimum Gasteiger partial charge on any atom is -0.481 e. The SMILES string of the molecule is COc1ccc(Br)c(C[C@H]2C[C@@H](O)[C@H]3CC(=O)[C@@H]4CCCC[C@H]4[C@H]23)n1. The summed E-state index contributed by atoms with van der Waals surface area (Å²) < 4.78 is 6.27. The summed E-state index contributed by atoms with van der Waals surface area (Å²) in [7, 11) is 1.63. The minimum atomic E-state index is -0.341. The van der Waals surface area contributed by atoms with E-state index in [0.29, 0.717) is 35.8 Å². The maximum atomic E-state index is 12.6. The Morgan fingerprint density at radius 2 is 2.08 bits per heavy atom. The van der Waals surface area contributed by atoms with E-state index < -0.39 is 0 Å². The molecule has 0 bridgehead atoms. The number of aromatic nitrogens is 1. The monoisotopic (exact) mass is 407 g/mol. The summed E-state index contributed by atoms with van der Waals surface area (Å²) in [5, 5.41) is 10.6. The number of methoxy groups -OCH3 is 1. The van der Waals surface area contributed by atoms with E-state index >= 15 is 0 Å². The average Bonchev–Trinajstić information content (AvgIpc) is 2.93. The lowest BCUT2D eigenvalue weighted by Gasteiger charge is -2.44. The summed E-state index contributed by atoms with van der Waals surface area (Å²) in [6.07, 6.45) is 6.47. The molecule has 6 atom stereocenters. The molecule has 25 heavy (non-hydrogen) atoms. The molecule has 1 heterocycles. The Bertz CT molecular complexity index is 664. The van der Waals surface area contributed by atoms with Crippen LogP contribution in [0, 0.1) is 29.6 Å². The van der Waals surface area contributed by atoms with Gasteiger partial charge in [0.2, 0.25) is 5.88 Å². The van der Waals surface area contributed by atoms with Crippen LogP contribution in [0.1, 0.15) is 44.2 Å². The molecule has 4 nitrogen and oxygen atoms in total. The van der Waals surface area contributed by atoms with Gasteiger partial charge in [0.05, 0.1) is 18.9 Å². The fraction of sp³-hybridized carbons (Fsp3) is 0.700. The van der Waals surface area contributed by atoms with Crippen LogP contribution in [0.3, 0.4) is 0 Å². The number of pyridine rings is 1.